The van der Waals surface area contributed by atoms with Gasteiger partial charge in [-0.1, -0.05) is 12.1 Å². The number of carbonyl (C=O) groups is 1. The molecule has 3 rings (SSSR count). The van der Waals surface area contributed by atoms with Gasteiger partial charge in [-0.05, 0) is 37.3 Å². The molecule has 1 aliphatic rings. The lowest BCUT2D eigenvalue weighted by Crippen LogP contribution is -2.13. The van der Waals surface area contributed by atoms with E-state index in [0.29, 0.717) is 5.69 Å². The molecule has 0 amide bonds. The Hall–Kier alpha value is -2.30. The number of aromatic nitrogens is 2. The summed E-state index contributed by atoms with van der Waals surface area (Å²) < 4.78 is 0. The highest BCUT2D eigenvalue weighted by atomic mass is 16.4. The first-order valence-corrected chi connectivity index (χ1v) is 6.80. The van der Waals surface area contributed by atoms with Gasteiger partial charge in [0.05, 0.1) is 12.1 Å². The number of nitrogens with two attached hydrogens (primary N) is 1. The van der Waals surface area contributed by atoms with Gasteiger partial charge in [0.15, 0.2) is 0 Å². The Bertz CT molecular complexity index is 648. The lowest BCUT2D eigenvalue weighted by molar-refractivity contribution is -0.137. The van der Waals surface area contributed by atoms with Gasteiger partial charge in [-0.25, -0.2) is 0 Å². The first-order chi connectivity index (χ1) is 9.65. The molecule has 0 spiro atoms. The van der Waals surface area contributed by atoms with Crippen LogP contribution in [-0.2, 0) is 11.2 Å². The number of anilines is 1. The fraction of sp³-hybridized carbons (Fsp3) is 0.333. The van der Waals surface area contributed by atoms with E-state index in [1.807, 2.05) is 24.3 Å². The Morgan fingerprint density at radius 1 is 1.50 bits per heavy atom. The molecule has 0 aliphatic heterocycles. The van der Waals surface area contributed by atoms with Crippen molar-refractivity contribution in [1.82, 2.24) is 10.2 Å². The lowest BCUT2D eigenvalue weighted by atomic mass is 9.82. The molecule has 1 aliphatic carbocycles. The molecule has 0 bridgehead atoms. The van der Waals surface area contributed by atoms with Crippen LogP contribution in [0.3, 0.4) is 0 Å². The smallest absolute Gasteiger partial charge is 0.303 e. The zero-order chi connectivity index (χ0) is 14.1. The average molecular weight is 271 g/mol. The van der Waals surface area contributed by atoms with Crippen LogP contribution in [0.2, 0.25) is 0 Å². The number of aliphatic carboxylic acids is 1. The fourth-order valence-electron chi connectivity index (χ4n) is 3.01. The van der Waals surface area contributed by atoms with E-state index in [-0.39, 0.29) is 12.3 Å². The third-order valence-corrected chi connectivity index (χ3v) is 3.85. The third kappa shape index (κ3) is 2.27. The summed E-state index contributed by atoms with van der Waals surface area (Å²) >= 11 is 0. The van der Waals surface area contributed by atoms with Gasteiger partial charge in [-0.3, -0.25) is 9.89 Å². The quantitative estimate of drug-likeness (QED) is 0.748. The average Bonchev–Trinajstić information content (AvgIpc) is 2.83. The van der Waals surface area contributed by atoms with Crippen LogP contribution in [0.4, 0.5) is 5.69 Å². The van der Waals surface area contributed by atoms with E-state index in [1.54, 1.807) is 0 Å². The summed E-state index contributed by atoms with van der Waals surface area (Å²) in [6, 6.07) is 7.56. The summed E-state index contributed by atoms with van der Waals surface area (Å²) in [4.78, 5) is 11.1. The van der Waals surface area contributed by atoms with Crippen LogP contribution >= 0.6 is 0 Å². The summed E-state index contributed by atoms with van der Waals surface area (Å²) in [5, 5.41) is 16.5. The number of H-pyrrole nitrogens is 1. The van der Waals surface area contributed by atoms with Crippen LogP contribution in [0.25, 0.3) is 11.3 Å². The summed E-state index contributed by atoms with van der Waals surface area (Å²) in [5.41, 5.74) is 10.4. The van der Waals surface area contributed by atoms with E-state index in [2.05, 4.69) is 10.2 Å². The van der Waals surface area contributed by atoms with Crippen LogP contribution < -0.4 is 5.73 Å². The monoisotopic (exact) mass is 271 g/mol. The second-order valence-corrected chi connectivity index (χ2v) is 5.28. The standard InChI is InChI=1S/C15H17N3O2/c16-11-5-1-4-10(7-11)15-14-9(8-13(19)20)3-2-6-12(14)17-18-15/h1,4-5,7,9H,2-3,6,8,16H2,(H,17,18)(H,19,20). The number of benzene rings is 1. The number of rotatable bonds is 3. The van der Waals surface area contributed by atoms with Crippen molar-refractivity contribution in [2.24, 2.45) is 0 Å². The molecule has 5 heteroatoms. The molecule has 0 saturated carbocycles. The molecule has 1 unspecified atom stereocenters. The van der Waals surface area contributed by atoms with Crippen molar-refractivity contribution in [3.05, 3.63) is 35.5 Å². The predicted molar refractivity (Wildman–Crippen MR) is 76.4 cm³/mol. The molecule has 20 heavy (non-hydrogen) atoms. The summed E-state index contributed by atoms with van der Waals surface area (Å²) in [6.45, 7) is 0. The summed E-state index contributed by atoms with van der Waals surface area (Å²) in [7, 11) is 0. The summed E-state index contributed by atoms with van der Waals surface area (Å²) in [5.74, 6) is -0.728. The molecule has 2 aromatic rings. The number of nitrogens with zero attached hydrogens (tertiary/aromatic N) is 1. The summed E-state index contributed by atoms with van der Waals surface area (Å²) in [6.07, 6.45) is 2.99. The van der Waals surface area contributed by atoms with Crippen molar-refractivity contribution in [2.45, 2.75) is 31.6 Å². The highest BCUT2D eigenvalue weighted by Gasteiger charge is 2.28. The van der Waals surface area contributed by atoms with Gasteiger partial charge in [-0.2, -0.15) is 5.10 Å². The third-order valence-electron chi connectivity index (χ3n) is 3.85. The predicted octanol–water partition coefficient (Wildman–Crippen LogP) is 2.55. The van der Waals surface area contributed by atoms with Crippen molar-refractivity contribution in [2.75, 3.05) is 5.73 Å². The lowest BCUT2D eigenvalue weighted by Gasteiger charge is -2.21. The van der Waals surface area contributed by atoms with Gasteiger partial charge in [-0.15, -0.1) is 0 Å². The second-order valence-electron chi connectivity index (χ2n) is 5.28. The van der Waals surface area contributed by atoms with Crippen LogP contribution in [0.5, 0.6) is 0 Å². The number of nitrogens with one attached hydrogen (secondary N) is 1. The Morgan fingerprint density at radius 3 is 3.10 bits per heavy atom. The van der Waals surface area contributed by atoms with Crippen LogP contribution in [0, 0.1) is 0 Å². The Labute approximate surface area is 116 Å². The minimum atomic E-state index is -0.762. The van der Waals surface area contributed by atoms with Crippen molar-refractivity contribution in [3.63, 3.8) is 0 Å². The number of hydrogen-bond acceptors (Lipinski definition) is 3. The number of aromatic amines is 1. The van der Waals surface area contributed by atoms with Gasteiger partial charge >= 0.3 is 5.97 Å². The van der Waals surface area contributed by atoms with E-state index < -0.39 is 5.97 Å². The first kappa shape index (κ1) is 12.7. The second kappa shape index (κ2) is 5.00. The van der Waals surface area contributed by atoms with Crippen molar-refractivity contribution < 1.29 is 9.90 Å². The highest BCUT2D eigenvalue weighted by Crippen LogP contribution is 2.39. The molecule has 1 aromatic heterocycles. The molecule has 5 nitrogen and oxygen atoms in total. The van der Waals surface area contributed by atoms with Gasteiger partial charge < -0.3 is 10.8 Å². The maximum Gasteiger partial charge on any atom is 0.303 e. The minimum absolute atomic E-state index is 0.0337. The van der Waals surface area contributed by atoms with Gasteiger partial charge in [0, 0.05) is 22.5 Å². The number of carboxylic acid groups (broad SMARTS) is 1. The number of fused-ring (bicyclic) bond motifs is 1. The molecule has 1 heterocycles. The first-order valence-electron chi connectivity index (χ1n) is 6.80. The zero-order valence-corrected chi connectivity index (χ0v) is 11.1. The molecule has 104 valence electrons. The van der Waals surface area contributed by atoms with E-state index >= 15 is 0 Å². The largest absolute Gasteiger partial charge is 0.481 e. The van der Waals surface area contributed by atoms with Crippen LogP contribution in [-0.4, -0.2) is 21.3 Å². The molecular formula is C15H17N3O2. The molecule has 0 saturated heterocycles. The molecule has 4 N–H and O–H groups in total. The maximum atomic E-state index is 11.1. The van der Waals surface area contributed by atoms with E-state index in [9.17, 15) is 4.79 Å². The van der Waals surface area contributed by atoms with Gasteiger partial charge in [0.2, 0.25) is 0 Å². The van der Waals surface area contributed by atoms with Gasteiger partial charge in [0.1, 0.15) is 0 Å². The Morgan fingerprint density at radius 2 is 2.35 bits per heavy atom. The topological polar surface area (TPSA) is 92.0 Å². The molecule has 0 radical (unpaired) electrons. The SMILES string of the molecule is Nc1cccc(-c2n[nH]c3c2C(CC(=O)O)CCC3)c1. The Balaban J connectivity index is 2.06. The van der Waals surface area contributed by atoms with Crippen molar-refractivity contribution in [3.8, 4) is 11.3 Å². The van der Waals surface area contributed by atoms with Crippen molar-refractivity contribution >= 4 is 11.7 Å². The van der Waals surface area contributed by atoms with Crippen LogP contribution in [0.1, 0.15) is 36.4 Å². The molecule has 0 fully saturated rings. The van der Waals surface area contributed by atoms with Crippen LogP contribution in [0.15, 0.2) is 24.3 Å². The molecule has 1 aromatic carbocycles. The van der Waals surface area contributed by atoms with E-state index in [0.717, 1.165) is 41.8 Å². The number of carboxylic acids is 1. The van der Waals surface area contributed by atoms with Gasteiger partial charge in [0.25, 0.3) is 0 Å². The van der Waals surface area contributed by atoms with E-state index in [1.165, 1.54) is 0 Å². The minimum Gasteiger partial charge on any atom is -0.481 e. The number of aryl methyl sites for hydroxylation is 1. The fourth-order valence-corrected chi connectivity index (χ4v) is 3.01. The number of nitrogen functional groups attached to an aromatic ring is 1. The molecular weight excluding hydrogens is 254 g/mol. The molecule has 1 atom stereocenters. The van der Waals surface area contributed by atoms with E-state index in [4.69, 9.17) is 10.8 Å². The maximum absolute atomic E-state index is 11.1. The zero-order valence-electron chi connectivity index (χ0n) is 11.1. The highest BCUT2D eigenvalue weighted by molar-refractivity contribution is 5.72. The normalized spacial score (nSPS) is 17.7. The Kier molecular flexibility index (Phi) is 3.18. The number of hydrogen-bond donors (Lipinski definition) is 3. The van der Waals surface area contributed by atoms with Crippen molar-refractivity contribution in [1.29, 1.82) is 0 Å².